The standard InChI is InChI=1S/C23H23NO4/c1-14-8-19-18(12-27-21(19)9-15(14)2)11-23(26)28-13-22(25)24-16(3)10-17-6-4-5-7-20(17)24/h4-9,12,16H,10-11,13H2,1-3H3/t16-/m1/s1. The molecule has 28 heavy (non-hydrogen) atoms. The van der Waals surface area contributed by atoms with Crippen LogP contribution in [0.2, 0.25) is 0 Å². The van der Waals surface area contributed by atoms with E-state index in [1.165, 1.54) is 0 Å². The highest BCUT2D eigenvalue weighted by Gasteiger charge is 2.31. The van der Waals surface area contributed by atoms with E-state index in [1.54, 1.807) is 11.2 Å². The highest BCUT2D eigenvalue weighted by atomic mass is 16.5. The summed E-state index contributed by atoms with van der Waals surface area (Å²) >= 11 is 0. The van der Waals surface area contributed by atoms with Crippen LogP contribution in [0.5, 0.6) is 0 Å². The Morgan fingerprint density at radius 1 is 1.18 bits per heavy atom. The summed E-state index contributed by atoms with van der Waals surface area (Å²) in [5.74, 6) is -0.635. The van der Waals surface area contributed by atoms with Gasteiger partial charge in [0, 0.05) is 22.7 Å². The predicted molar refractivity (Wildman–Crippen MR) is 107 cm³/mol. The van der Waals surface area contributed by atoms with Crippen LogP contribution in [0.4, 0.5) is 5.69 Å². The third-order valence-corrected chi connectivity index (χ3v) is 5.44. The molecule has 3 aromatic rings. The SMILES string of the molecule is Cc1cc2occ(CC(=O)OCC(=O)N3c4ccccc4C[C@H]3C)c2cc1C. The highest BCUT2D eigenvalue weighted by Crippen LogP contribution is 2.32. The monoisotopic (exact) mass is 377 g/mol. The van der Waals surface area contributed by atoms with Gasteiger partial charge in [0.05, 0.1) is 12.7 Å². The molecule has 0 radical (unpaired) electrons. The minimum Gasteiger partial charge on any atom is -0.464 e. The number of esters is 1. The number of furan rings is 1. The van der Waals surface area contributed by atoms with Crippen molar-refractivity contribution in [2.75, 3.05) is 11.5 Å². The second kappa shape index (κ2) is 7.15. The summed E-state index contributed by atoms with van der Waals surface area (Å²) in [6, 6.07) is 11.9. The van der Waals surface area contributed by atoms with Crippen LogP contribution < -0.4 is 4.90 Å². The first kappa shape index (κ1) is 18.3. The van der Waals surface area contributed by atoms with Crippen molar-refractivity contribution >= 4 is 28.5 Å². The molecule has 2 aromatic carbocycles. The first-order valence-electron chi connectivity index (χ1n) is 9.47. The number of amides is 1. The number of benzene rings is 2. The van der Waals surface area contributed by atoms with Crippen LogP contribution in [0.15, 0.2) is 47.1 Å². The van der Waals surface area contributed by atoms with E-state index in [-0.39, 0.29) is 25.0 Å². The average Bonchev–Trinajstić information content (AvgIpc) is 3.20. The Bertz CT molecular complexity index is 1070. The molecule has 0 aliphatic carbocycles. The molecular weight excluding hydrogens is 354 g/mol. The molecule has 1 amide bonds. The van der Waals surface area contributed by atoms with Crippen LogP contribution in [0.3, 0.4) is 0 Å². The molecule has 0 saturated heterocycles. The number of ether oxygens (including phenoxy) is 1. The largest absolute Gasteiger partial charge is 0.464 e. The molecule has 0 bridgehead atoms. The summed E-state index contributed by atoms with van der Waals surface area (Å²) in [5.41, 5.74) is 5.86. The number of fused-ring (bicyclic) bond motifs is 2. The normalized spacial score (nSPS) is 15.7. The van der Waals surface area contributed by atoms with Crippen molar-refractivity contribution in [2.45, 2.75) is 39.7 Å². The zero-order valence-electron chi connectivity index (χ0n) is 16.3. The zero-order chi connectivity index (χ0) is 19.8. The molecule has 5 nitrogen and oxygen atoms in total. The maximum Gasteiger partial charge on any atom is 0.310 e. The third-order valence-electron chi connectivity index (χ3n) is 5.44. The summed E-state index contributed by atoms with van der Waals surface area (Å²) in [6.07, 6.45) is 2.48. The molecule has 5 heteroatoms. The maximum atomic E-state index is 12.7. The second-order valence-corrected chi connectivity index (χ2v) is 7.48. The van der Waals surface area contributed by atoms with Crippen molar-refractivity contribution in [3.05, 3.63) is 64.9 Å². The number of para-hydroxylation sites is 1. The van der Waals surface area contributed by atoms with E-state index in [4.69, 9.17) is 9.15 Å². The number of carbonyl (C=O) groups is 2. The minimum absolute atomic E-state index is 0.0626. The summed E-state index contributed by atoms with van der Waals surface area (Å²) < 4.78 is 10.8. The number of hydrogen-bond acceptors (Lipinski definition) is 4. The molecule has 0 fully saturated rings. The van der Waals surface area contributed by atoms with Crippen molar-refractivity contribution < 1.29 is 18.7 Å². The molecule has 0 unspecified atom stereocenters. The number of hydrogen-bond donors (Lipinski definition) is 0. The lowest BCUT2D eigenvalue weighted by molar-refractivity contribution is -0.147. The molecule has 0 N–H and O–H groups in total. The molecule has 0 saturated carbocycles. The maximum absolute atomic E-state index is 12.7. The van der Waals surface area contributed by atoms with Gasteiger partial charge in [-0.3, -0.25) is 9.59 Å². The quantitative estimate of drug-likeness (QED) is 0.642. The summed E-state index contributed by atoms with van der Waals surface area (Å²) in [6.45, 7) is 5.79. The number of nitrogens with zero attached hydrogens (tertiary/aromatic N) is 1. The Kier molecular flexibility index (Phi) is 4.67. The highest BCUT2D eigenvalue weighted by molar-refractivity contribution is 5.98. The van der Waals surface area contributed by atoms with Gasteiger partial charge in [0.1, 0.15) is 5.58 Å². The third kappa shape index (κ3) is 3.28. The molecule has 1 aliphatic rings. The zero-order valence-corrected chi connectivity index (χ0v) is 16.3. The van der Waals surface area contributed by atoms with Crippen LogP contribution in [0.25, 0.3) is 11.0 Å². The van der Waals surface area contributed by atoms with E-state index in [1.807, 2.05) is 57.2 Å². The van der Waals surface area contributed by atoms with Gasteiger partial charge in [-0.1, -0.05) is 18.2 Å². The van der Waals surface area contributed by atoms with Gasteiger partial charge in [-0.15, -0.1) is 0 Å². The second-order valence-electron chi connectivity index (χ2n) is 7.48. The fraction of sp³-hybridized carbons (Fsp3) is 0.304. The van der Waals surface area contributed by atoms with Gasteiger partial charge in [-0.25, -0.2) is 0 Å². The van der Waals surface area contributed by atoms with E-state index in [2.05, 4.69) is 0 Å². The number of anilines is 1. The van der Waals surface area contributed by atoms with Gasteiger partial charge in [0.2, 0.25) is 0 Å². The molecule has 1 aromatic heterocycles. The van der Waals surface area contributed by atoms with E-state index in [0.29, 0.717) is 0 Å². The fourth-order valence-corrected chi connectivity index (χ4v) is 3.84. The minimum atomic E-state index is -0.436. The van der Waals surface area contributed by atoms with E-state index in [9.17, 15) is 9.59 Å². The predicted octanol–water partition coefficient (Wildman–Crippen LogP) is 4.11. The molecular formula is C23H23NO4. The van der Waals surface area contributed by atoms with Gasteiger partial charge in [-0.05, 0) is 62.1 Å². The van der Waals surface area contributed by atoms with Crippen LogP contribution in [-0.2, 0) is 27.2 Å². The van der Waals surface area contributed by atoms with Crippen molar-refractivity contribution in [3.8, 4) is 0 Å². The Hall–Kier alpha value is -3.08. The van der Waals surface area contributed by atoms with E-state index >= 15 is 0 Å². The molecule has 2 heterocycles. The Labute approximate surface area is 163 Å². The average molecular weight is 377 g/mol. The van der Waals surface area contributed by atoms with Crippen LogP contribution >= 0.6 is 0 Å². The number of rotatable bonds is 4. The molecule has 1 atom stereocenters. The first-order chi connectivity index (χ1) is 13.4. The Morgan fingerprint density at radius 2 is 1.93 bits per heavy atom. The van der Waals surface area contributed by atoms with Gasteiger partial charge >= 0.3 is 5.97 Å². The van der Waals surface area contributed by atoms with Crippen molar-refractivity contribution in [2.24, 2.45) is 0 Å². The fourth-order valence-electron chi connectivity index (χ4n) is 3.84. The van der Waals surface area contributed by atoms with Gasteiger partial charge in [-0.2, -0.15) is 0 Å². The van der Waals surface area contributed by atoms with Crippen LogP contribution in [0, 0.1) is 13.8 Å². The lowest BCUT2D eigenvalue weighted by atomic mass is 10.0. The summed E-state index contributed by atoms with van der Waals surface area (Å²) in [7, 11) is 0. The number of carbonyl (C=O) groups excluding carboxylic acids is 2. The van der Waals surface area contributed by atoms with Crippen molar-refractivity contribution in [3.63, 3.8) is 0 Å². The molecule has 0 spiro atoms. The van der Waals surface area contributed by atoms with Crippen LogP contribution in [-0.4, -0.2) is 24.5 Å². The summed E-state index contributed by atoms with van der Waals surface area (Å²) in [5, 5.41) is 0.911. The molecule has 144 valence electrons. The van der Waals surface area contributed by atoms with Gasteiger partial charge in [0.15, 0.2) is 6.61 Å². The molecule has 1 aliphatic heterocycles. The lowest BCUT2D eigenvalue weighted by Crippen LogP contribution is -2.38. The van der Waals surface area contributed by atoms with Crippen molar-refractivity contribution in [1.29, 1.82) is 0 Å². The topological polar surface area (TPSA) is 59.8 Å². The van der Waals surface area contributed by atoms with Gasteiger partial charge < -0.3 is 14.1 Å². The molecule has 4 rings (SSSR count). The van der Waals surface area contributed by atoms with Crippen molar-refractivity contribution in [1.82, 2.24) is 0 Å². The van der Waals surface area contributed by atoms with E-state index in [0.717, 1.165) is 45.3 Å². The summed E-state index contributed by atoms with van der Waals surface area (Å²) in [4.78, 5) is 26.7. The van der Waals surface area contributed by atoms with Gasteiger partial charge in [0.25, 0.3) is 5.91 Å². The smallest absolute Gasteiger partial charge is 0.310 e. The van der Waals surface area contributed by atoms with Crippen LogP contribution in [0.1, 0.15) is 29.2 Å². The van der Waals surface area contributed by atoms with E-state index < -0.39 is 5.97 Å². The number of aryl methyl sites for hydroxylation is 2. The Morgan fingerprint density at radius 3 is 2.75 bits per heavy atom. The lowest BCUT2D eigenvalue weighted by Gasteiger charge is -2.22. The Balaban J connectivity index is 1.41. The first-order valence-corrected chi connectivity index (χ1v) is 9.47.